The topological polar surface area (TPSA) is 44.8 Å². The molecule has 0 unspecified atom stereocenters. The van der Waals surface area contributed by atoms with Gasteiger partial charge in [0, 0.05) is 31.9 Å². The first kappa shape index (κ1) is 18.1. The lowest BCUT2D eigenvalue weighted by atomic mass is 10.1. The molecule has 3 rings (SSSR count). The largest absolute Gasteiger partial charge is 0.473 e. The molecule has 0 radical (unpaired) electrons. The number of hydrogen-bond acceptors (Lipinski definition) is 3. The van der Waals surface area contributed by atoms with E-state index in [0.717, 1.165) is 30.8 Å². The van der Waals surface area contributed by atoms with Gasteiger partial charge in [-0.3, -0.25) is 0 Å². The van der Waals surface area contributed by atoms with Gasteiger partial charge in [-0.05, 0) is 42.7 Å². The van der Waals surface area contributed by atoms with Gasteiger partial charge in [-0.15, -0.1) is 0 Å². The molecule has 2 aromatic rings. The van der Waals surface area contributed by atoms with Crippen LogP contribution in [0, 0.1) is 6.92 Å². The van der Waals surface area contributed by atoms with Crippen LogP contribution in [0.15, 0.2) is 48.5 Å². The molecular weight excluding hydrogens is 326 g/mol. The third-order valence-electron chi connectivity index (χ3n) is 4.74. The second-order valence-electron chi connectivity index (χ2n) is 6.54. The van der Waals surface area contributed by atoms with Crippen molar-refractivity contribution in [3.8, 4) is 5.75 Å². The molecule has 5 heteroatoms. The Morgan fingerprint density at radius 2 is 1.85 bits per heavy atom. The molecule has 2 amide bonds. The number of para-hydroxylation sites is 1. The number of nitrogens with one attached hydrogen (secondary N) is 1. The Bertz CT molecular complexity index is 740. The van der Waals surface area contributed by atoms with Crippen molar-refractivity contribution in [3.05, 3.63) is 59.7 Å². The van der Waals surface area contributed by atoms with Crippen molar-refractivity contribution in [1.29, 1.82) is 0 Å². The summed E-state index contributed by atoms with van der Waals surface area (Å²) in [5.74, 6) is 0.833. The number of nitrogens with zero attached hydrogens (tertiary/aromatic N) is 2. The number of hydrogen-bond donors (Lipinski definition) is 1. The summed E-state index contributed by atoms with van der Waals surface area (Å²) in [7, 11) is 0. The summed E-state index contributed by atoms with van der Waals surface area (Å²) in [5, 5.41) is 2.86. The van der Waals surface area contributed by atoms with E-state index in [-0.39, 0.29) is 12.8 Å². The molecule has 2 aromatic carbocycles. The van der Waals surface area contributed by atoms with Gasteiger partial charge in [-0.2, -0.15) is 0 Å². The molecule has 1 heterocycles. The van der Waals surface area contributed by atoms with Gasteiger partial charge in [0.1, 0.15) is 5.75 Å². The third kappa shape index (κ3) is 4.48. The number of rotatable bonds is 5. The van der Waals surface area contributed by atoms with Crippen LogP contribution in [0.3, 0.4) is 0 Å². The Hall–Kier alpha value is -2.69. The molecule has 1 N–H and O–H groups in total. The second-order valence-corrected chi connectivity index (χ2v) is 6.54. The fourth-order valence-electron chi connectivity index (χ4n) is 3.22. The lowest BCUT2D eigenvalue weighted by Gasteiger charge is -2.36. The third-order valence-corrected chi connectivity index (χ3v) is 4.74. The molecule has 1 saturated heterocycles. The van der Waals surface area contributed by atoms with Gasteiger partial charge in [0.2, 0.25) is 0 Å². The average Bonchev–Trinajstić information content (AvgIpc) is 2.68. The molecule has 0 spiro atoms. The first-order chi connectivity index (χ1) is 12.7. The van der Waals surface area contributed by atoms with E-state index < -0.39 is 0 Å². The van der Waals surface area contributed by atoms with E-state index >= 15 is 0 Å². The van der Waals surface area contributed by atoms with E-state index in [4.69, 9.17) is 4.74 Å². The van der Waals surface area contributed by atoms with Crippen molar-refractivity contribution in [2.45, 2.75) is 20.3 Å². The average molecular weight is 353 g/mol. The second kappa shape index (κ2) is 8.61. The number of anilines is 1. The summed E-state index contributed by atoms with van der Waals surface area (Å²) >= 11 is 0. The molecule has 0 aromatic heterocycles. The van der Waals surface area contributed by atoms with Crippen molar-refractivity contribution in [2.24, 2.45) is 0 Å². The number of benzene rings is 2. The van der Waals surface area contributed by atoms with Crippen LogP contribution in [-0.2, 0) is 6.42 Å². The first-order valence-corrected chi connectivity index (χ1v) is 9.22. The van der Waals surface area contributed by atoms with E-state index in [1.807, 2.05) is 29.2 Å². The number of carbonyl (C=O) groups excluding carboxylic acids is 1. The highest BCUT2D eigenvalue weighted by Gasteiger charge is 2.21. The van der Waals surface area contributed by atoms with Gasteiger partial charge in [0.05, 0.1) is 0 Å². The Kier molecular flexibility index (Phi) is 6.00. The number of amides is 2. The molecule has 138 valence electrons. The quantitative estimate of drug-likeness (QED) is 0.838. The summed E-state index contributed by atoms with van der Waals surface area (Å²) in [4.78, 5) is 16.5. The van der Waals surface area contributed by atoms with E-state index in [9.17, 15) is 4.79 Å². The van der Waals surface area contributed by atoms with E-state index in [2.05, 4.69) is 48.3 Å². The molecule has 1 aliphatic heterocycles. The first-order valence-electron chi connectivity index (χ1n) is 9.22. The number of ether oxygens (including phenoxy) is 1. The molecule has 26 heavy (non-hydrogen) atoms. The number of carbonyl (C=O) groups is 1. The number of aryl methyl sites for hydroxylation is 2. The van der Waals surface area contributed by atoms with Crippen LogP contribution in [0.1, 0.15) is 18.1 Å². The summed E-state index contributed by atoms with van der Waals surface area (Å²) in [6, 6.07) is 16.4. The predicted octanol–water partition coefficient (Wildman–Crippen LogP) is 3.43. The molecule has 1 fully saturated rings. The molecule has 1 aliphatic rings. The van der Waals surface area contributed by atoms with Crippen LogP contribution < -0.4 is 15.0 Å². The van der Waals surface area contributed by atoms with Crippen molar-refractivity contribution in [1.82, 2.24) is 10.2 Å². The standard InChI is InChI=1S/C21H27N3O2/c1-3-18-8-4-5-10-20(18)26-16-22-21(25)24-13-11-23(12-14-24)19-9-6-7-17(2)15-19/h4-10,15H,3,11-14,16H2,1-2H3,(H,22,25). The van der Waals surface area contributed by atoms with Gasteiger partial charge < -0.3 is 19.9 Å². The zero-order valence-corrected chi connectivity index (χ0v) is 15.6. The minimum atomic E-state index is -0.0668. The maximum Gasteiger partial charge on any atom is 0.320 e. The highest BCUT2D eigenvalue weighted by Crippen LogP contribution is 2.19. The van der Waals surface area contributed by atoms with Crippen molar-refractivity contribution in [2.75, 3.05) is 37.8 Å². The Morgan fingerprint density at radius 3 is 2.58 bits per heavy atom. The number of urea groups is 1. The van der Waals surface area contributed by atoms with Crippen molar-refractivity contribution >= 4 is 11.7 Å². The van der Waals surface area contributed by atoms with Crippen LogP contribution in [-0.4, -0.2) is 43.8 Å². The number of piperazine rings is 1. The Balaban J connectivity index is 1.45. The van der Waals surface area contributed by atoms with Crippen molar-refractivity contribution < 1.29 is 9.53 Å². The highest BCUT2D eigenvalue weighted by molar-refractivity contribution is 5.74. The van der Waals surface area contributed by atoms with Gasteiger partial charge >= 0.3 is 6.03 Å². The monoisotopic (exact) mass is 353 g/mol. The molecular formula is C21H27N3O2. The molecule has 0 saturated carbocycles. The summed E-state index contributed by atoms with van der Waals surface area (Å²) in [6.07, 6.45) is 0.908. The molecule has 0 atom stereocenters. The van der Waals surface area contributed by atoms with Crippen LogP contribution in [0.4, 0.5) is 10.5 Å². The smallest absolute Gasteiger partial charge is 0.320 e. The van der Waals surface area contributed by atoms with E-state index in [1.165, 1.54) is 11.3 Å². The summed E-state index contributed by atoms with van der Waals surface area (Å²) in [6.45, 7) is 7.50. The fraction of sp³-hybridized carbons (Fsp3) is 0.381. The van der Waals surface area contributed by atoms with Crippen LogP contribution >= 0.6 is 0 Å². The Labute approximate surface area is 155 Å². The minimum absolute atomic E-state index is 0.0668. The van der Waals surface area contributed by atoms with Gasteiger partial charge in [0.25, 0.3) is 0 Å². The maximum absolute atomic E-state index is 12.4. The van der Waals surface area contributed by atoms with Crippen LogP contribution in [0.2, 0.25) is 0 Å². The zero-order valence-electron chi connectivity index (χ0n) is 15.6. The lowest BCUT2D eigenvalue weighted by molar-refractivity contribution is 0.181. The van der Waals surface area contributed by atoms with Gasteiger partial charge in [0.15, 0.2) is 6.73 Å². The molecule has 0 bridgehead atoms. The zero-order chi connectivity index (χ0) is 18.4. The predicted molar refractivity (Wildman–Crippen MR) is 105 cm³/mol. The highest BCUT2D eigenvalue weighted by atomic mass is 16.5. The normalized spacial score (nSPS) is 14.2. The van der Waals surface area contributed by atoms with Gasteiger partial charge in [-0.1, -0.05) is 37.3 Å². The SMILES string of the molecule is CCc1ccccc1OCNC(=O)N1CCN(c2cccc(C)c2)CC1. The summed E-state index contributed by atoms with van der Waals surface area (Å²) in [5.41, 5.74) is 3.63. The van der Waals surface area contributed by atoms with Crippen molar-refractivity contribution in [3.63, 3.8) is 0 Å². The van der Waals surface area contributed by atoms with E-state index in [0.29, 0.717) is 13.1 Å². The summed E-state index contributed by atoms with van der Waals surface area (Å²) < 4.78 is 5.72. The Morgan fingerprint density at radius 1 is 1.08 bits per heavy atom. The fourth-order valence-corrected chi connectivity index (χ4v) is 3.22. The van der Waals surface area contributed by atoms with Gasteiger partial charge in [-0.25, -0.2) is 4.79 Å². The van der Waals surface area contributed by atoms with E-state index in [1.54, 1.807) is 0 Å². The molecule has 0 aliphatic carbocycles. The lowest BCUT2D eigenvalue weighted by Crippen LogP contribution is -2.52. The van der Waals surface area contributed by atoms with Crippen LogP contribution in [0.5, 0.6) is 5.75 Å². The molecule has 5 nitrogen and oxygen atoms in total. The van der Waals surface area contributed by atoms with Crippen LogP contribution in [0.25, 0.3) is 0 Å². The minimum Gasteiger partial charge on any atom is -0.473 e. The maximum atomic E-state index is 12.4.